The molecule has 1 saturated heterocycles. The van der Waals surface area contributed by atoms with Crippen LogP contribution in [0.4, 0.5) is 13.2 Å². The van der Waals surface area contributed by atoms with E-state index in [-0.39, 0.29) is 6.54 Å². The Morgan fingerprint density at radius 3 is 2.09 bits per heavy atom. The van der Waals surface area contributed by atoms with Crippen molar-refractivity contribution in [2.24, 2.45) is 11.7 Å². The Kier molecular flexibility index (Phi) is 2.11. The summed E-state index contributed by atoms with van der Waals surface area (Å²) in [7, 11) is 1.64. The van der Waals surface area contributed by atoms with Gasteiger partial charge in [0.1, 0.15) is 0 Å². The van der Waals surface area contributed by atoms with E-state index in [1.165, 1.54) is 0 Å². The maximum Gasteiger partial charge on any atom is 0.394 e. The highest BCUT2D eigenvalue weighted by atomic mass is 19.4. The number of likely N-dealkylation sites (N-methyl/N-ethyl adjacent to an activating group) is 1. The lowest BCUT2D eigenvalue weighted by Gasteiger charge is -2.17. The number of nitrogens with two attached hydrogens (primary N) is 1. The van der Waals surface area contributed by atoms with Gasteiger partial charge in [-0.2, -0.15) is 13.2 Å². The number of nitrogens with zero attached hydrogens (tertiary/aromatic N) is 1. The molecule has 0 bridgehead atoms. The van der Waals surface area contributed by atoms with Crippen molar-refractivity contribution in [1.29, 1.82) is 0 Å². The Hall–Kier alpha value is -0.290. The van der Waals surface area contributed by atoms with E-state index in [2.05, 4.69) is 0 Å². The van der Waals surface area contributed by atoms with E-state index in [1.54, 1.807) is 11.9 Å². The number of halogens is 3. The summed E-state index contributed by atoms with van der Waals surface area (Å²) < 4.78 is 36.2. The molecule has 0 radical (unpaired) electrons. The second-order valence-corrected chi connectivity index (χ2v) is 3.03. The van der Waals surface area contributed by atoms with Crippen molar-refractivity contribution in [3.05, 3.63) is 0 Å². The van der Waals surface area contributed by atoms with Crippen LogP contribution in [-0.4, -0.2) is 37.3 Å². The molecule has 2 nitrogen and oxygen atoms in total. The minimum atomic E-state index is -4.13. The maximum atomic E-state index is 12.1. The van der Waals surface area contributed by atoms with Crippen molar-refractivity contribution in [2.45, 2.75) is 12.2 Å². The molecule has 0 amide bonds. The Balaban J connectivity index is 2.60. The van der Waals surface area contributed by atoms with Crippen LogP contribution in [0.1, 0.15) is 0 Å². The zero-order valence-electron chi connectivity index (χ0n) is 6.23. The fourth-order valence-electron chi connectivity index (χ4n) is 1.38. The lowest BCUT2D eigenvalue weighted by atomic mass is 10.1. The van der Waals surface area contributed by atoms with Crippen molar-refractivity contribution >= 4 is 0 Å². The monoisotopic (exact) mass is 168 g/mol. The Morgan fingerprint density at radius 1 is 1.36 bits per heavy atom. The summed E-state index contributed by atoms with van der Waals surface area (Å²) in [6, 6.07) is -0.750. The van der Waals surface area contributed by atoms with Crippen molar-refractivity contribution in [3.63, 3.8) is 0 Å². The molecule has 1 rings (SSSR count). The van der Waals surface area contributed by atoms with E-state index in [4.69, 9.17) is 5.73 Å². The van der Waals surface area contributed by atoms with E-state index < -0.39 is 18.1 Å². The van der Waals surface area contributed by atoms with Crippen LogP contribution < -0.4 is 5.73 Å². The third-order valence-electron chi connectivity index (χ3n) is 1.97. The normalized spacial score (nSPS) is 34.6. The van der Waals surface area contributed by atoms with Gasteiger partial charge in [0.05, 0.1) is 5.92 Å². The molecule has 0 saturated carbocycles. The number of hydrogen-bond acceptors (Lipinski definition) is 2. The molecule has 2 atom stereocenters. The number of rotatable bonds is 0. The molecule has 5 heteroatoms. The zero-order valence-corrected chi connectivity index (χ0v) is 6.23. The molecular formula is C6H11F3N2. The van der Waals surface area contributed by atoms with Gasteiger partial charge in [-0.3, -0.25) is 0 Å². The van der Waals surface area contributed by atoms with E-state index in [9.17, 15) is 13.2 Å². The van der Waals surface area contributed by atoms with Crippen LogP contribution in [0.3, 0.4) is 0 Å². The standard InChI is InChI=1S/C6H11F3N2/c1-11-2-4(5(10)3-11)6(7,8)9/h4-5H,2-3,10H2,1H3/t4-,5+/m1/s1. The predicted octanol–water partition coefficient (Wildman–Crippen LogP) is 0.438. The number of hydrogen-bond donors (Lipinski definition) is 1. The lowest BCUT2D eigenvalue weighted by molar-refractivity contribution is -0.173. The van der Waals surface area contributed by atoms with Crippen LogP contribution in [0.5, 0.6) is 0 Å². The van der Waals surface area contributed by atoms with Crippen LogP contribution in [0.2, 0.25) is 0 Å². The van der Waals surface area contributed by atoms with Crippen LogP contribution in [0.15, 0.2) is 0 Å². The first-order valence-electron chi connectivity index (χ1n) is 3.42. The van der Waals surface area contributed by atoms with Gasteiger partial charge in [0.2, 0.25) is 0 Å². The maximum absolute atomic E-state index is 12.1. The van der Waals surface area contributed by atoms with Crippen LogP contribution in [0.25, 0.3) is 0 Å². The Bertz CT molecular complexity index is 145. The third kappa shape index (κ3) is 1.84. The highest BCUT2D eigenvalue weighted by Crippen LogP contribution is 2.32. The average Bonchev–Trinajstić information content (AvgIpc) is 2.08. The van der Waals surface area contributed by atoms with E-state index in [0.29, 0.717) is 6.54 Å². The fraction of sp³-hybridized carbons (Fsp3) is 1.00. The summed E-state index contributed by atoms with van der Waals surface area (Å²) >= 11 is 0. The second-order valence-electron chi connectivity index (χ2n) is 3.03. The lowest BCUT2D eigenvalue weighted by Crippen LogP contribution is -2.38. The van der Waals surface area contributed by atoms with Gasteiger partial charge in [-0.15, -0.1) is 0 Å². The Morgan fingerprint density at radius 2 is 1.91 bits per heavy atom. The molecule has 0 aromatic heterocycles. The molecule has 2 N–H and O–H groups in total. The van der Waals surface area contributed by atoms with Gasteiger partial charge >= 0.3 is 6.18 Å². The van der Waals surface area contributed by atoms with Crippen molar-refractivity contribution in [3.8, 4) is 0 Å². The summed E-state index contributed by atoms with van der Waals surface area (Å²) in [6.07, 6.45) is -4.13. The molecule has 1 aliphatic rings. The SMILES string of the molecule is CN1C[C@@H](C(F)(F)F)[C@@H](N)C1. The topological polar surface area (TPSA) is 29.3 Å². The summed E-state index contributed by atoms with van der Waals surface area (Å²) in [5, 5.41) is 0. The fourth-order valence-corrected chi connectivity index (χ4v) is 1.38. The van der Waals surface area contributed by atoms with Crippen LogP contribution in [-0.2, 0) is 0 Å². The largest absolute Gasteiger partial charge is 0.394 e. The summed E-state index contributed by atoms with van der Waals surface area (Å²) in [5.41, 5.74) is 5.29. The number of alkyl halides is 3. The molecule has 0 spiro atoms. The van der Waals surface area contributed by atoms with Crippen molar-refractivity contribution in [2.75, 3.05) is 20.1 Å². The van der Waals surface area contributed by atoms with Gasteiger partial charge in [0.15, 0.2) is 0 Å². The van der Waals surface area contributed by atoms with Crippen molar-refractivity contribution in [1.82, 2.24) is 4.90 Å². The first-order chi connectivity index (χ1) is 4.91. The molecule has 1 heterocycles. The van der Waals surface area contributed by atoms with E-state index in [0.717, 1.165) is 0 Å². The highest BCUT2D eigenvalue weighted by Gasteiger charge is 2.47. The summed E-state index contributed by atoms with van der Waals surface area (Å²) in [6.45, 7) is 0.370. The summed E-state index contributed by atoms with van der Waals surface area (Å²) in [4.78, 5) is 1.60. The molecule has 11 heavy (non-hydrogen) atoms. The second kappa shape index (κ2) is 2.64. The molecule has 1 aliphatic heterocycles. The van der Waals surface area contributed by atoms with Gasteiger partial charge in [-0.1, -0.05) is 0 Å². The van der Waals surface area contributed by atoms with Gasteiger partial charge in [-0.05, 0) is 7.05 Å². The minimum absolute atomic E-state index is 0.0324. The average molecular weight is 168 g/mol. The van der Waals surface area contributed by atoms with E-state index in [1.807, 2.05) is 0 Å². The minimum Gasteiger partial charge on any atom is -0.326 e. The van der Waals surface area contributed by atoms with Crippen LogP contribution >= 0.6 is 0 Å². The van der Waals surface area contributed by atoms with Gasteiger partial charge in [-0.25, -0.2) is 0 Å². The molecule has 0 aliphatic carbocycles. The smallest absolute Gasteiger partial charge is 0.326 e. The quantitative estimate of drug-likeness (QED) is 0.568. The molecule has 0 aromatic carbocycles. The number of likely N-dealkylation sites (tertiary alicyclic amines) is 1. The van der Waals surface area contributed by atoms with Gasteiger partial charge in [0, 0.05) is 19.1 Å². The first kappa shape index (κ1) is 8.80. The molecule has 1 fully saturated rings. The van der Waals surface area contributed by atoms with E-state index >= 15 is 0 Å². The third-order valence-corrected chi connectivity index (χ3v) is 1.97. The van der Waals surface area contributed by atoms with Gasteiger partial charge in [0.25, 0.3) is 0 Å². The van der Waals surface area contributed by atoms with Gasteiger partial charge < -0.3 is 10.6 Å². The highest BCUT2D eigenvalue weighted by molar-refractivity contribution is 4.89. The Labute approximate surface area is 63.2 Å². The molecular weight excluding hydrogens is 157 g/mol. The zero-order chi connectivity index (χ0) is 8.65. The first-order valence-corrected chi connectivity index (χ1v) is 3.42. The van der Waals surface area contributed by atoms with Crippen LogP contribution in [0, 0.1) is 5.92 Å². The molecule has 0 aromatic rings. The molecule has 0 unspecified atom stereocenters. The predicted molar refractivity (Wildman–Crippen MR) is 35.0 cm³/mol. The summed E-state index contributed by atoms with van der Waals surface area (Å²) in [5.74, 6) is -1.34. The molecule has 66 valence electrons. The van der Waals surface area contributed by atoms with Crippen molar-refractivity contribution < 1.29 is 13.2 Å².